The molecule has 1 atom stereocenters. The lowest BCUT2D eigenvalue weighted by atomic mass is 10.2. The van der Waals surface area contributed by atoms with Crippen LogP contribution in [0.5, 0.6) is 5.75 Å². The van der Waals surface area contributed by atoms with Crippen LogP contribution in [-0.4, -0.2) is 79.7 Å². The van der Waals surface area contributed by atoms with Gasteiger partial charge in [-0.25, -0.2) is 13.2 Å². The first-order valence-electron chi connectivity index (χ1n) is 12.9. The standard InChI is InChI=1S/C27H33N3O9S/c31-26(32)20-37-23-11-7-21(8-12-23)18-28-38-16-3-1-2-4-17-39-29-19-22-9-13-24(14-10-22)40(35,36)30-15-5-6-25(30)27(33)34/h7-14,18-19,25H,1-6,15-17,20H2,(H,31,32)(H,33,34). The zero-order valence-corrected chi connectivity index (χ0v) is 22.7. The van der Waals surface area contributed by atoms with Crippen molar-refractivity contribution in [2.24, 2.45) is 10.3 Å². The largest absolute Gasteiger partial charge is 0.482 e. The first-order chi connectivity index (χ1) is 19.3. The molecule has 2 aromatic carbocycles. The topological polar surface area (TPSA) is 164 Å². The van der Waals surface area contributed by atoms with E-state index in [-0.39, 0.29) is 18.0 Å². The molecule has 0 aliphatic carbocycles. The van der Waals surface area contributed by atoms with E-state index < -0.39 is 28.0 Å². The molecule has 0 spiro atoms. The highest BCUT2D eigenvalue weighted by Gasteiger charge is 2.39. The number of rotatable bonds is 17. The predicted molar refractivity (Wildman–Crippen MR) is 146 cm³/mol. The maximum atomic E-state index is 12.8. The van der Waals surface area contributed by atoms with Gasteiger partial charge in [-0.15, -0.1) is 0 Å². The van der Waals surface area contributed by atoms with Crippen molar-refractivity contribution in [3.05, 3.63) is 59.7 Å². The van der Waals surface area contributed by atoms with Crippen LogP contribution in [0.3, 0.4) is 0 Å². The number of carboxylic acids is 2. The first kappa shape index (κ1) is 30.6. The third-order valence-electron chi connectivity index (χ3n) is 5.99. The molecule has 0 radical (unpaired) electrons. The zero-order valence-electron chi connectivity index (χ0n) is 21.9. The summed E-state index contributed by atoms with van der Waals surface area (Å²) in [6, 6.07) is 11.9. The van der Waals surface area contributed by atoms with Crippen molar-refractivity contribution in [2.75, 3.05) is 26.4 Å². The Morgan fingerprint density at radius 3 is 1.95 bits per heavy atom. The van der Waals surface area contributed by atoms with E-state index >= 15 is 0 Å². The van der Waals surface area contributed by atoms with Crippen LogP contribution < -0.4 is 4.74 Å². The number of hydrogen-bond acceptors (Lipinski definition) is 9. The van der Waals surface area contributed by atoms with Gasteiger partial charge in [-0.1, -0.05) is 22.4 Å². The number of sulfonamides is 1. The minimum Gasteiger partial charge on any atom is -0.482 e. The average molecular weight is 576 g/mol. The number of nitrogens with zero attached hydrogens (tertiary/aromatic N) is 3. The molecule has 0 bridgehead atoms. The maximum Gasteiger partial charge on any atom is 0.341 e. The van der Waals surface area contributed by atoms with Gasteiger partial charge in [0.05, 0.1) is 17.3 Å². The molecule has 1 heterocycles. The predicted octanol–water partition coefficient (Wildman–Crippen LogP) is 3.35. The fourth-order valence-electron chi connectivity index (χ4n) is 3.92. The number of benzene rings is 2. The monoisotopic (exact) mass is 575 g/mol. The van der Waals surface area contributed by atoms with Gasteiger partial charge in [0.25, 0.3) is 0 Å². The molecule has 0 amide bonds. The van der Waals surface area contributed by atoms with Gasteiger partial charge in [-0.2, -0.15) is 4.31 Å². The van der Waals surface area contributed by atoms with Gasteiger partial charge in [-0.05, 0) is 86.1 Å². The molecule has 2 aromatic rings. The van der Waals surface area contributed by atoms with Crippen molar-refractivity contribution in [3.8, 4) is 5.75 Å². The Morgan fingerprint density at radius 2 is 1.43 bits per heavy atom. The van der Waals surface area contributed by atoms with Crippen molar-refractivity contribution in [3.63, 3.8) is 0 Å². The molecule has 12 nitrogen and oxygen atoms in total. The van der Waals surface area contributed by atoms with Crippen molar-refractivity contribution in [1.82, 2.24) is 4.31 Å². The van der Waals surface area contributed by atoms with Crippen LogP contribution in [0.1, 0.15) is 49.7 Å². The molecule has 40 heavy (non-hydrogen) atoms. The Labute approximate surface area is 232 Å². The fourth-order valence-corrected chi connectivity index (χ4v) is 5.57. The van der Waals surface area contributed by atoms with E-state index in [1.165, 1.54) is 18.3 Å². The van der Waals surface area contributed by atoms with Gasteiger partial charge in [0, 0.05) is 6.54 Å². The molecule has 1 aliphatic rings. The second-order valence-electron chi connectivity index (χ2n) is 8.98. The Bertz CT molecular complexity index is 1260. The molecular formula is C27H33N3O9S. The lowest BCUT2D eigenvalue weighted by molar-refractivity contribution is -0.141. The molecule has 13 heteroatoms. The summed E-state index contributed by atoms with van der Waals surface area (Å²) >= 11 is 0. The molecule has 216 valence electrons. The van der Waals surface area contributed by atoms with E-state index in [4.69, 9.17) is 19.5 Å². The number of aliphatic carboxylic acids is 2. The molecule has 0 saturated carbocycles. The molecule has 1 fully saturated rings. The van der Waals surface area contributed by atoms with Crippen LogP contribution in [0.25, 0.3) is 0 Å². The van der Waals surface area contributed by atoms with E-state index in [1.54, 1.807) is 42.6 Å². The third-order valence-corrected chi connectivity index (χ3v) is 7.91. The van der Waals surface area contributed by atoms with Crippen molar-refractivity contribution in [1.29, 1.82) is 0 Å². The minimum absolute atomic E-state index is 0.0483. The lowest BCUT2D eigenvalue weighted by Crippen LogP contribution is -2.40. The summed E-state index contributed by atoms with van der Waals surface area (Å²) in [6.07, 6.45) is 7.42. The molecule has 1 saturated heterocycles. The summed E-state index contributed by atoms with van der Waals surface area (Å²) in [6.45, 7) is 0.734. The average Bonchev–Trinajstić information content (AvgIpc) is 3.45. The molecular weight excluding hydrogens is 542 g/mol. The second kappa shape index (κ2) is 15.6. The van der Waals surface area contributed by atoms with Crippen LogP contribution in [0.15, 0.2) is 63.7 Å². The Morgan fingerprint density at radius 1 is 0.875 bits per heavy atom. The quantitative estimate of drug-likeness (QED) is 0.163. The molecule has 0 aromatic heterocycles. The van der Waals surface area contributed by atoms with E-state index in [2.05, 4.69) is 10.3 Å². The SMILES string of the molecule is O=C(O)COc1ccc(C=NOCCCCCCON=Cc2ccc(S(=O)(=O)N3CCCC3C(=O)O)cc2)cc1. The smallest absolute Gasteiger partial charge is 0.341 e. The summed E-state index contributed by atoms with van der Waals surface area (Å²) in [5.41, 5.74) is 1.47. The van der Waals surface area contributed by atoms with Crippen molar-refractivity contribution < 1.29 is 42.6 Å². The van der Waals surface area contributed by atoms with Crippen LogP contribution in [-0.2, 0) is 29.3 Å². The van der Waals surface area contributed by atoms with Gasteiger partial charge < -0.3 is 24.6 Å². The minimum atomic E-state index is -3.87. The number of ether oxygens (including phenoxy) is 1. The summed E-state index contributed by atoms with van der Waals surface area (Å²) in [7, 11) is -3.87. The third kappa shape index (κ3) is 9.65. The number of hydrogen-bond donors (Lipinski definition) is 2. The molecule has 2 N–H and O–H groups in total. The second-order valence-corrected chi connectivity index (χ2v) is 10.9. The lowest BCUT2D eigenvalue weighted by Gasteiger charge is -2.20. The van der Waals surface area contributed by atoms with Gasteiger partial charge in [0.1, 0.15) is 25.0 Å². The van der Waals surface area contributed by atoms with Crippen molar-refractivity contribution in [2.45, 2.75) is 49.5 Å². The van der Waals surface area contributed by atoms with Crippen LogP contribution in [0.2, 0.25) is 0 Å². The maximum absolute atomic E-state index is 12.8. The normalized spacial score (nSPS) is 15.9. The van der Waals surface area contributed by atoms with Gasteiger partial charge in [0.2, 0.25) is 10.0 Å². The van der Waals surface area contributed by atoms with E-state index in [0.717, 1.165) is 35.6 Å². The Kier molecular flexibility index (Phi) is 11.9. The van der Waals surface area contributed by atoms with Crippen LogP contribution in [0, 0.1) is 0 Å². The van der Waals surface area contributed by atoms with Gasteiger partial charge in [0.15, 0.2) is 6.61 Å². The van der Waals surface area contributed by atoms with E-state index in [9.17, 15) is 23.1 Å². The van der Waals surface area contributed by atoms with E-state index in [0.29, 0.717) is 37.4 Å². The summed E-state index contributed by atoms with van der Waals surface area (Å²) in [5, 5.41) is 25.7. The number of unbranched alkanes of at least 4 members (excludes halogenated alkanes) is 3. The fraction of sp³-hybridized carbons (Fsp3) is 0.407. The number of oxime groups is 2. The van der Waals surface area contributed by atoms with Gasteiger partial charge in [-0.3, -0.25) is 4.79 Å². The molecule has 1 aliphatic heterocycles. The molecule has 1 unspecified atom stereocenters. The van der Waals surface area contributed by atoms with Crippen molar-refractivity contribution >= 4 is 34.4 Å². The highest BCUT2D eigenvalue weighted by Crippen LogP contribution is 2.26. The number of carbonyl (C=O) groups is 2. The highest BCUT2D eigenvalue weighted by atomic mass is 32.2. The zero-order chi connectivity index (χ0) is 28.8. The summed E-state index contributed by atoms with van der Waals surface area (Å²) in [5.74, 6) is -1.70. The Balaban J connectivity index is 1.25. The summed E-state index contributed by atoms with van der Waals surface area (Å²) < 4.78 is 31.7. The number of carboxylic acid groups (broad SMARTS) is 2. The summed E-state index contributed by atoms with van der Waals surface area (Å²) in [4.78, 5) is 32.4. The van der Waals surface area contributed by atoms with Crippen LogP contribution >= 0.6 is 0 Å². The van der Waals surface area contributed by atoms with Gasteiger partial charge >= 0.3 is 11.9 Å². The highest BCUT2D eigenvalue weighted by molar-refractivity contribution is 7.89. The van der Waals surface area contributed by atoms with E-state index in [1.807, 2.05) is 0 Å². The molecule has 3 rings (SSSR count). The van der Waals surface area contributed by atoms with Crippen LogP contribution in [0.4, 0.5) is 0 Å². The Hall–Kier alpha value is -3.97. The first-order valence-corrected chi connectivity index (χ1v) is 14.3.